The van der Waals surface area contributed by atoms with Crippen molar-refractivity contribution in [3.63, 3.8) is 0 Å². The zero-order valence-electron chi connectivity index (χ0n) is 8.37. The van der Waals surface area contributed by atoms with E-state index in [0.717, 1.165) is 21.3 Å². The van der Waals surface area contributed by atoms with Crippen molar-refractivity contribution < 1.29 is 0 Å². The van der Waals surface area contributed by atoms with Gasteiger partial charge in [-0.1, -0.05) is 28.1 Å². The average Bonchev–Trinajstić information content (AvgIpc) is 2.67. The van der Waals surface area contributed by atoms with Crippen molar-refractivity contribution >= 4 is 15.9 Å². The third-order valence-corrected chi connectivity index (χ3v) is 2.82. The fourth-order valence-electron chi connectivity index (χ4n) is 1.49. The summed E-state index contributed by atoms with van der Waals surface area (Å²) in [6, 6.07) is 8.05. The first-order chi connectivity index (χ1) is 7.18. The Balaban J connectivity index is 2.45. The van der Waals surface area contributed by atoms with Crippen LogP contribution in [0.2, 0.25) is 0 Å². The van der Waals surface area contributed by atoms with E-state index in [4.69, 9.17) is 5.73 Å². The van der Waals surface area contributed by atoms with E-state index >= 15 is 0 Å². The molecule has 0 bridgehead atoms. The first-order valence-electron chi connectivity index (χ1n) is 4.73. The molecule has 0 saturated carbocycles. The van der Waals surface area contributed by atoms with E-state index in [-0.39, 0.29) is 6.04 Å². The Hall–Kier alpha value is -1.13. The van der Waals surface area contributed by atoms with Crippen molar-refractivity contribution in [2.24, 2.45) is 5.73 Å². The summed E-state index contributed by atoms with van der Waals surface area (Å²) in [7, 11) is 0. The molecule has 2 aromatic rings. The summed E-state index contributed by atoms with van der Waals surface area (Å²) in [5.41, 5.74) is 8.99. The van der Waals surface area contributed by atoms with Gasteiger partial charge in [0.2, 0.25) is 0 Å². The molecule has 1 heterocycles. The maximum absolute atomic E-state index is 5.86. The summed E-state index contributed by atoms with van der Waals surface area (Å²) in [5, 5.41) is 7.00. The Kier molecular flexibility index (Phi) is 2.88. The van der Waals surface area contributed by atoms with Crippen molar-refractivity contribution in [3.8, 4) is 11.3 Å². The first kappa shape index (κ1) is 10.4. The molecule has 1 unspecified atom stereocenters. The lowest BCUT2D eigenvalue weighted by Crippen LogP contribution is -2.05. The number of hydrogen-bond acceptors (Lipinski definition) is 2. The third-order valence-electron chi connectivity index (χ3n) is 2.29. The number of nitrogens with zero attached hydrogens (tertiary/aromatic N) is 1. The highest BCUT2D eigenvalue weighted by Crippen LogP contribution is 2.25. The highest BCUT2D eigenvalue weighted by atomic mass is 79.9. The fourth-order valence-corrected chi connectivity index (χ4v) is 1.75. The van der Waals surface area contributed by atoms with Gasteiger partial charge in [0.15, 0.2) is 0 Å². The van der Waals surface area contributed by atoms with Crippen LogP contribution < -0.4 is 5.73 Å². The van der Waals surface area contributed by atoms with Crippen LogP contribution in [0.3, 0.4) is 0 Å². The third kappa shape index (κ3) is 2.11. The summed E-state index contributed by atoms with van der Waals surface area (Å²) in [6.07, 6.45) is 1.78. The van der Waals surface area contributed by atoms with Gasteiger partial charge in [0.1, 0.15) is 0 Å². The summed E-state index contributed by atoms with van der Waals surface area (Å²) in [4.78, 5) is 0. The molecule has 78 valence electrons. The minimum Gasteiger partial charge on any atom is -0.324 e. The number of benzene rings is 1. The van der Waals surface area contributed by atoms with E-state index in [1.54, 1.807) is 6.20 Å². The van der Waals surface area contributed by atoms with E-state index in [2.05, 4.69) is 26.1 Å². The van der Waals surface area contributed by atoms with E-state index < -0.39 is 0 Å². The summed E-state index contributed by atoms with van der Waals surface area (Å²) < 4.78 is 1.06. The second kappa shape index (κ2) is 4.16. The minimum atomic E-state index is -0.0117. The van der Waals surface area contributed by atoms with Crippen LogP contribution in [0.25, 0.3) is 11.3 Å². The van der Waals surface area contributed by atoms with Gasteiger partial charge in [0.25, 0.3) is 0 Å². The molecule has 0 fully saturated rings. The van der Waals surface area contributed by atoms with Crippen molar-refractivity contribution in [1.82, 2.24) is 10.2 Å². The van der Waals surface area contributed by atoms with E-state index in [1.165, 1.54) is 0 Å². The van der Waals surface area contributed by atoms with Crippen LogP contribution in [-0.2, 0) is 0 Å². The Morgan fingerprint density at radius 2 is 2.00 bits per heavy atom. The molecule has 4 heteroatoms. The fraction of sp³-hybridized carbons (Fsp3) is 0.182. The van der Waals surface area contributed by atoms with Gasteiger partial charge in [0.05, 0.1) is 11.9 Å². The zero-order chi connectivity index (χ0) is 10.8. The molecule has 1 aromatic carbocycles. The van der Waals surface area contributed by atoms with Crippen molar-refractivity contribution in [1.29, 1.82) is 0 Å². The van der Waals surface area contributed by atoms with Gasteiger partial charge in [-0.3, -0.25) is 5.10 Å². The molecule has 0 radical (unpaired) electrons. The van der Waals surface area contributed by atoms with Gasteiger partial charge < -0.3 is 5.73 Å². The number of rotatable bonds is 2. The number of halogens is 1. The predicted octanol–water partition coefficient (Wildman–Crippen LogP) is 2.86. The van der Waals surface area contributed by atoms with E-state index in [9.17, 15) is 0 Å². The Morgan fingerprint density at radius 3 is 2.60 bits per heavy atom. The molecule has 2 rings (SSSR count). The molecule has 0 aliphatic rings. The van der Waals surface area contributed by atoms with Crippen LogP contribution in [-0.4, -0.2) is 10.2 Å². The minimum absolute atomic E-state index is 0.0117. The molecule has 0 aliphatic carbocycles. The molecule has 3 nitrogen and oxygen atoms in total. The number of H-pyrrole nitrogens is 1. The first-order valence-corrected chi connectivity index (χ1v) is 5.52. The quantitative estimate of drug-likeness (QED) is 0.878. The largest absolute Gasteiger partial charge is 0.324 e. The van der Waals surface area contributed by atoms with Gasteiger partial charge in [-0.25, -0.2) is 0 Å². The maximum Gasteiger partial charge on any atom is 0.0697 e. The van der Waals surface area contributed by atoms with Gasteiger partial charge in [-0.15, -0.1) is 0 Å². The Morgan fingerprint density at radius 1 is 1.33 bits per heavy atom. The second-order valence-corrected chi connectivity index (χ2v) is 4.41. The number of nitrogens with two attached hydrogens (primary N) is 1. The summed E-state index contributed by atoms with van der Waals surface area (Å²) >= 11 is 3.41. The zero-order valence-corrected chi connectivity index (χ0v) is 9.95. The maximum atomic E-state index is 5.86. The van der Waals surface area contributed by atoms with Gasteiger partial charge >= 0.3 is 0 Å². The van der Waals surface area contributed by atoms with Crippen molar-refractivity contribution in [2.75, 3.05) is 0 Å². The Bertz CT molecular complexity index is 445. The summed E-state index contributed by atoms with van der Waals surface area (Å²) in [6.45, 7) is 1.95. The molecule has 1 atom stereocenters. The monoisotopic (exact) mass is 265 g/mol. The molecule has 0 aliphatic heterocycles. The lowest BCUT2D eigenvalue weighted by Gasteiger charge is -2.06. The average molecular weight is 266 g/mol. The number of hydrogen-bond donors (Lipinski definition) is 2. The van der Waals surface area contributed by atoms with Crippen LogP contribution in [0.5, 0.6) is 0 Å². The van der Waals surface area contributed by atoms with E-state index in [0.29, 0.717) is 0 Å². The summed E-state index contributed by atoms with van der Waals surface area (Å²) in [5.74, 6) is 0. The normalized spacial score (nSPS) is 12.7. The van der Waals surface area contributed by atoms with Crippen LogP contribution in [0, 0.1) is 0 Å². The van der Waals surface area contributed by atoms with Gasteiger partial charge in [-0.05, 0) is 24.6 Å². The van der Waals surface area contributed by atoms with Crippen molar-refractivity contribution in [3.05, 3.63) is 40.5 Å². The van der Waals surface area contributed by atoms with Crippen LogP contribution >= 0.6 is 15.9 Å². The Labute approximate surface area is 96.8 Å². The number of nitrogens with one attached hydrogen (secondary N) is 1. The number of aromatic amines is 1. The van der Waals surface area contributed by atoms with E-state index in [1.807, 2.05) is 31.2 Å². The predicted molar refractivity (Wildman–Crippen MR) is 64.3 cm³/mol. The van der Waals surface area contributed by atoms with Crippen LogP contribution in [0.1, 0.15) is 18.5 Å². The molecule has 0 amide bonds. The molecule has 0 saturated heterocycles. The lowest BCUT2D eigenvalue weighted by molar-refractivity contribution is 0.821. The smallest absolute Gasteiger partial charge is 0.0697 e. The highest BCUT2D eigenvalue weighted by molar-refractivity contribution is 9.10. The SMILES string of the molecule is CC(N)c1cn[nH]c1-c1ccc(Br)cc1. The lowest BCUT2D eigenvalue weighted by atomic mass is 10.0. The molecular formula is C11H12BrN3. The molecular weight excluding hydrogens is 254 g/mol. The standard InChI is InChI=1S/C11H12BrN3/c1-7(13)10-6-14-15-11(10)8-2-4-9(12)5-3-8/h2-7H,13H2,1H3,(H,14,15). The molecule has 1 aromatic heterocycles. The van der Waals surface area contributed by atoms with Gasteiger partial charge in [-0.2, -0.15) is 5.10 Å². The number of aromatic nitrogens is 2. The van der Waals surface area contributed by atoms with Gasteiger partial charge in [0, 0.05) is 16.1 Å². The topological polar surface area (TPSA) is 54.7 Å². The second-order valence-electron chi connectivity index (χ2n) is 3.50. The molecule has 0 spiro atoms. The van der Waals surface area contributed by atoms with Crippen molar-refractivity contribution in [2.45, 2.75) is 13.0 Å². The van der Waals surface area contributed by atoms with Crippen LogP contribution in [0.15, 0.2) is 34.9 Å². The highest BCUT2D eigenvalue weighted by Gasteiger charge is 2.10. The van der Waals surface area contributed by atoms with Crippen LogP contribution in [0.4, 0.5) is 0 Å². The molecule has 15 heavy (non-hydrogen) atoms. The molecule has 3 N–H and O–H groups in total.